The van der Waals surface area contributed by atoms with Crippen molar-refractivity contribution in [3.05, 3.63) is 17.7 Å². The van der Waals surface area contributed by atoms with Crippen LogP contribution in [0.25, 0.3) is 0 Å². The second kappa shape index (κ2) is 3.85. The molecule has 0 saturated carbocycles. The van der Waals surface area contributed by atoms with E-state index in [9.17, 15) is 23.1 Å². The molecule has 0 unspecified atom stereocenters. The molecule has 0 spiro atoms. The Morgan fingerprint density at radius 2 is 2.08 bits per heavy atom. The van der Waals surface area contributed by atoms with E-state index in [0.717, 1.165) is 0 Å². The molecule has 66 valence electrons. The molecule has 0 amide bonds. The molecule has 1 N–H and O–H groups in total. The third-order valence-electron chi connectivity index (χ3n) is 1.07. The Morgan fingerprint density at radius 3 is 2.31 bits per heavy atom. The Bertz CT molecular complexity index is 309. The number of nitrogens with zero attached hydrogens (tertiary/aromatic N) is 1. The fraction of sp³-hybridized carbons (Fsp3) is 0.200. The van der Waals surface area contributed by atoms with Gasteiger partial charge in [-0.15, -0.1) is 0 Å². The van der Waals surface area contributed by atoms with Gasteiger partial charge >= 0.3 is 25.0 Å². The molecular formula is C5H2F3LiN2O2. The molecule has 0 aromatic carbocycles. The van der Waals surface area contributed by atoms with E-state index >= 15 is 0 Å². The predicted octanol–water partition coefficient (Wildman–Crippen LogP) is -3.20. The maximum atomic E-state index is 11.8. The van der Waals surface area contributed by atoms with Gasteiger partial charge in [0.05, 0.1) is 6.20 Å². The number of aromatic nitrogens is 2. The molecular weight excluding hydrogens is 184 g/mol. The monoisotopic (exact) mass is 186 g/mol. The molecule has 0 atom stereocenters. The number of H-pyrrole nitrogens is 1. The first kappa shape index (κ1) is 12.1. The number of carboxylic acids is 1. The average molecular weight is 186 g/mol. The molecule has 0 fully saturated rings. The van der Waals surface area contributed by atoms with Crippen molar-refractivity contribution in [2.24, 2.45) is 0 Å². The Hall–Kier alpha value is -0.933. The first-order valence-electron chi connectivity index (χ1n) is 2.75. The van der Waals surface area contributed by atoms with Crippen molar-refractivity contribution in [3.63, 3.8) is 0 Å². The largest absolute Gasteiger partial charge is 1.00 e. The van der Waals surface area contributed by atoms with E-state index in [4.69, 9.17) is 0 Å². The number of carbonyl (C=O) groups excluding carboxylic acids is 1. The van der Waals surface area contributed by atoms with Gasteiger partial charge in [0.2, 0.25) is 0 Å². The van der Waals surface area contributed by atoms with Crippen LogP contribution in [0.1, 0.15) is 16.3 Å². The van der Waals surface area contributed by atoms with Crippen molar-refractivity contribution in [1.29, 1.82) is 0 Å². The number of hydrogen-bond donors (Lipinski definition) is 1. The van der Waals surface area contributed by atoms with Crippen LogP contribution in [0, 0.1) is 0 Å². The maximum absolute atomic E-state index is 11.8. The normalized spacial score (nSPS) is 10.7. The SMILES string of the molecule is O=C([O-])c1ncc(C(F)(F)F)[nH]1.[Li+]. The summed E-state index contributed by atoms with van der Waals surface area (Å²) in [5.74, 6) is -2.60. The van der Waals surface area contributed by atoms with Crippen LogP contribution in [0.3, 0.4) is 0 Å². The van der Waals surface area contributed by atoms with Crippen LogP contribution < -0.4 is 24.0 Å². The van der Waals surface area contributed by atoms with Gasteiger partial charge in [-0.3, -0.25) is 0 Å². The van der Waals surface area contributed by atoms with Crippen molar-refractivity contribution in [2.75, 3.05) is 0 Å². The first-order chi connectivity index (χ1) is 5.41. The van der Waals surface area contributed by atoms with Gasteiger partial charge < -0.3 is 14.9 Å². The summed E-state index contributed by atoms with van der Waals surface area (Å²) in [6.45, 7) is 0. The first-order valence-corrected chi connectivity index (χ1v) is 2.75. The zero-order chi connectivity index (χ0) is 9.35. The summed E-state index contributed by atoms with van der Waals surface area (Å²) in [4.78, 5) is 14.5. The molecule has 0 bridgehead atoms. The molecule has 0 aliphatic rings. The van der Waals surface area contributed by atoms with Crippen LogP contribution in [-0.2, 0) is 6.18 Å². The van der Waals surface area contributed by atoms with Crippen molar-refractivity contribution in [2.45, 2.75) is 6.18 Å². The summed E-state index contributed by atoms with van der Waals surface area (Å²) in [6, 6.07) is 0. The maximum Gasteiger partial charge on any atom is 1.00 e. The third kappa shape index (κ3) is 2.79. The molecule has 4 nitrogen and oxygen atoms in total. The molecule has 1 aromatic rings. The zero-order valence-electron chi connectivity index (χ0n) is 6.47. The topological polar surface area (TPSA) is 68.8 Å². The zero-order valence-corrected chi connectivity index (χ0v) is 6.47. The van der Waals surface area contributed by atoms with E-state index in [0.29, 0.717) is 6.20 Å². The minimum absolute atomic E-state index is 0. The van der Waals surface area contributed by atoms with Crippen LogP contribution in [0.15, 0.2) is 6.20 Å². The van der Waals surface area contributed by atoms with Gasteiger partial charge in [0.15, 0.2) is 5.82 Å². The van der Waals surface area contributed by atoms with Gasteiger partial charge in [-0.1, -0.05) is 0 Å². The van der Waals surface area contributed by atoms with Gasteiger partial charge in [-0.2, -0.15) is 13.2 Å². The number of rotatable bonds is 1. The van der Waals surface area contributed by atoms with Crippen LogP contribution >= 0.6 is 0 Å². The number of aromatic amines is 1. The van der Waals surface area contributed by atoms with Crippen molar-refractivity contribution in [1.82, 2.24) is 9.97 Å². The van der Waals surface area contributed by atoms with E-state index < -0.39 is 23.7 Å². The number of carboxylic acid groups (broad SMARTS) is 1. The molecule has 8 heteroatoms. The van der Waals surface area contributed by atoms with Crippen LogP contribution in [0.4, 0.5) is 13.2 Å². The fourth-order valence-corrected chi connectivity index (χ4v) is 0.569. The average Bonchev–Trinajstić information content (AvgIpc) is 2.30. The van der Waals surface area contributed by atoms with Crippen molar-refractivity contribution < 1.29 is 41.9 Å². The Kier molecular flexibility index (Phi) is 3.57. The summed E-state index contributed by atoms with van der Waals surface area (Å²) in [6.07, 6.45) is -4.22. The molecule has 1 heterocycles. The van der Waals surface area contributed by atoms with Gasteiger partial charge in [0, 0.05) is 0 Å². The number of carbonyl (C=O) groups is 1. The van der Waals surface area contributed by atoms with Crippen molar-refractivity contribution >= 4 is 5.97 Å². The van der Waals surface area contributed by atoms with E-state index in [1.807, 2.05) is 0 Å². The molecule has 1 aromatic heterocycles. The molecule has 0 radical (unpaired) electrons. The van der Waals surface area contributed by atoms with Gasteiger partial charge in [0.1, 0.15) is 11.7 Å². The van der Waals surface area contributed by atoms with Crippen molar-refractivity contribution in [3.8, 4) is 0 Å². The van der Waals surface area contributed by atoms with Crippen LogP contribution in [0.5, 0.6) is 0 Å². The molecule has 1 rings (SSSR count). The minimum Gasteiger partial charge on any atom is -0.542 e. The van der Waals surface area contributed by atoms with E-state index in [2.05, 4.69) is 4.98 Å². The molecule has 13 heavy (non-hydrogen) atoms. The van der Waals surface area contributed by atoms with Gasteiger partial charge in [-0.25, -0.2) is 4.98 Å². The van der Waals surface area contributed by atoms with Crippen LogP contribution in [-0.4, -0.2) is 15.9 Å². The quantitative estimate of drug-likeness (QED) is 0.469. The smallest absolute Gasteiger partial charge is 0.542 e. The predicted molar refractivity (Wildman–Crippen MR) is 27.9 cm³/mol. The van der Waals surface area contributed by atoms with Crippen LogP contribution in [0.2, 0.25) is 0 Å². The van der Waals surface area contributed by atoms with E-state index in [-0.39, 0.29) is 18.9 Å². The number of imidazole rings is 1. The Balaban J connectivity index is 0.00000144. The number of nitrogens with one attached hydrogen (secondary N) is 1. The Labute approximate surface area is 82.3 Å². The standard InChI is InChI=1S/C5H3F3N2O2.Li/c6-5(7,8)2-1-9-3(10-2)4(11)12;/h1H,(H,9,10)(H,11,12);/q;+1/p-1. The number of hydrogen-bond acceptors (Lipinski definition) is 3. The Morgan fingerprint density at radius 1 is 1.54 bits per heavy atom. The fourth-order valence-electron chi connectivity index (χ4n) is 0.569. The summed E-state index contributed by atoms with van der Waals surface area (Å²) in [7, 11) is 0. The summed E-state index contributed by atoms with van der Waals surface area (Å²) < 4.78 is 35.3. The number of alkyl halides is 3. The minimum atomic E-state index is -4.61. The molecule has 0 saturated heterocycles. The number of aromatic carboxylic acids is 1. The van der Waals surface area contributed by atoms with E-state index in [1.54, 1.807) is 4.98 Å². The van der Waals surface area contributed by atoms with Gasteiger partial charge in [0.25, 0.3) is 0 Å². The van der Waals surface area contributed by atoms with Gasteiger partial charge in [-0.05, 0) is 0 Å². The second-order valence-corrected chi connectivity index (χ2v) is 1.93. The second-order valence-electron chi connectivity index (χ2n) is 1.93. The molecule has 0 aliphatic carbocycles. The number of halogens is 3. The summed E-state index contributed by atoms with van der Waals surface area (Å²) in [5, 5.41) is 9.97. The summed E-state index contributed by atoms with van der Waals surface area (Å²) >= 11 is 0. The molecule has 0 aliphatic heterocycles. The third-order valence-corrected chi connectivity index (χ3v) is 1.07. The van der Waals surface area contributed by atoms with E-state index in [1.165, 1.54) is 0 Å². The summed E-state index contributed by atoms with van der Waals surface area (Å²) in [5.41, 5.74) is -1.21.